The van der Waals surface area contributed by atoms with Gasteiger partial charge in [0.25, 0.3) is 0 Å². The lowest BCUT2D eigenvalue weighted by atomic mass is 9.99. The minimum absolute atomic E-state index is 0.283. The molecule has 4 rings (SSSR count). The maximum Gasteiger partial charge on any atom is 0.416 e. The van der Waals surface area contributed by atoms with Gasteiger partial charge in [-0.15, -0.1) is 0 Å². The van der Waals surface area contributed by atoms with E-state index in [-0.39, 0.29) is 5.82 Å². The molecule has 1 fully saturated rings. The molecule has 170 valence electrons. The number of ether oxygens (including phenoxy) is 2. The van der Waals surface area contributed by atoms with Gasteiger partial charge in [0.15, 0.2) is 0 Å². The van der Waals surface area contributed by atoms with Crippen LogP contribution in [0.4, 0.5) is 13.2 Å². The predicted molar refractivity (Wildman–Crippen MR) is 111 cm³/mol. The standard InChI is InChI=1S/C23H24F3N3O3/c1-30-19-8-10-20(11-9-19)31-15-16-3-2-12-29(13-16)14-21-27-22(28-32-21)17-4-6-18(7-5-17)23(24,25)26/h4-11,16H,2-3,12-15H2,1H3/t16-/m0/s1. The van der Waals surface area contributed by atoms with Crippen LogP contribution in [0, 0.1) is 5.92 Å². The number of benzene rings is 2. The first-order valence-electron chi connectivity index (χ1n) is 10.4. The van der Waals surface area contributed by atoms with Crippen LogP contribution in [0.2, 0.25) is 0 Å². The van der Waals surface area contributed by atoms with E-state index in [2.05, 4.69) is 15.0 Å². The van der Waals surface area contributed by atoms with Crippen molar-refractivity contribution in [2.45, 2.75) is 25.6 Å². The fourth-order valence-electron chi connectivity index (χ4n) is 3.75. The number of piperidine rings is 1. The lowest BCUT2D eigenvalue weighted by Crippen LogP contribution is -2.37. The van der Waals surface area contributed by atoms with Gasteiger partial charge in [0.05, 0.1) is 25.8 Å². The summed E-state index contributed by atoms with van der Waals surface area (Å²) in [5.74, 6) is 2.70. The lowest BCUT2D eigenvalue weighted by molar-refractivity contribution is -0.137. The smallest absolute Gasteiger partial charge is 0.416 e. The molecule has 1 atom stereocenters. The van der Waals surface area contributed by atoms with E-state index >= 15 is 0 Å². The van der Waals surface area contributed by atoms with Crippen molar-refractivity contribution in [3.63, 3.8) is 0 Å². The predicted octanol–water partition coefficient (Wildman–Crippen LogP) is 5.06. The van der Waals surface area contributed by atoms with Crippen LogP contribution in [0.3, 0.4) is 0 Å². The summed E-state index contributed by atoms with van der Waals surface area (Å²) in [5.41, 5.74) is -0.224. The first-order valence-corrected chi connectivity index (χ1v) is 10.4. The zero-order chi connectivity index (χ0) is 22.6. The number of rotatable bonds is 7. The Labute approximate surface area is 183 Å². The Bertz CT molecular complexity index is 1000. The number of halogens is 3. The van der Waals surface area contributed by atoms with Gasteiger partial charge in [0, 0.05) is 18.0 Å². The maximum absolute atomic E-state index is 12.7. The molecule has 0 bridgehead atoms. The summed E-state index contributed by atoms with van der Waals surface area (Å²) >= 11 is 0. The monoisotopic (exact) mass is 447 g/mol. The molecule has 0 aliphatic carbocycles. The molecule has 6 nitrogen and oxygen atoms in total. The molecular formula is C23H24F3N3O3. The molecule has 0 unspecified atom stereocenters. The maximum atomic E-state index is 12.7. The topological polar surface area (TPSA) is 60.6 Å². The number of aromatic nitrogens is 2. The molecule has 1 aliphatic heterocycles. The molecule has 0 radical (unpaired) electrons. The Morgan fingerprint density at radius 2 is 1.78 bits per heavy atom. The number of alkyl halides is 3. The van der Waals surface area contributed by atoms with Gasteiger partial charge in [-0.05, 0) is 55.8 Å². The number of likely N-dealkylation sites (tertiary alicyclic amines) is 1. The second kappa shape index (κ2) is 9.60. The Kier molecular flexibility index (Phi) is 6.64. The van der Waals surface area contributed by atoms with Crippen LogP contribution in [0.1, 0.15) is 24.3 Å². The molecule has 1 aliphatic rings. The van der Waals surface area contributed by atoms with E-state index in [1.807, 2.05) is 24.3 Å². The van der Waals surface area contributed by atoms with Crippen LogP contribution in [-0.4, -0.2) is 41.8 Å². The summed E-state index contributed by atoms with van der Waals surface area (Å²) in [6, 6.07) is 12.3. The van der Waals surface area contributed by atoms with Crippen molar-refractivity contribution in [2.75, 3.05) is 26.8 Å². The second-order valence-electron chi connectivity index (χ2n) is 7.82. The van der Waals surface area contributed by atoms with Crippen LogP contribution in [0.5, 0.6) is 11.5 Å². The van der Waals surface area contributed by atoms with E-state index in [1.165, 1.54) is 12.1 Å². The summed E-state index contributed by atoms with van der Waals surface area (Å²) in [4.78, 5) is 6.59. The first kappa shape index (κ1) is 22.1. The summed E-state index contributed by atoms with van der Waals surface area (Å²) in [7, 11) is 1.63. The van der Waals surface area contributed by atoms with Crippen molar-refractivity contribution in [3.05, 3.63) is 60.0 Å². The molecule has 2 heterocycles. The zero-order valence-electron chi connectivity index (χ0n) is 17.6. The van der Waals surface area contributed by atoms with Crippen LogP contribution in [0.15, 0.2) is 53.1 Å². The Balaban J connectivity index is 1.31. The molecule has 2 aromatic carbocycles. The summed E-state index contributed by atoms with van der Waals surface area (Å²) in [5, 5.41) is 3.92. The molecule has 1 saturated heterocycles. The highest BCUT2D eigenvalue weighted by molar-refractivity contribution is 5.54. The first-order chi connectivity index (χ1) is 15.4. The van der Waals surface area contributed by atoms with Gasteiger partial charge in [0.1, 0.15) is 11.5 Å². The van der Waals surface area contributed by atoms with Gasteiger partial charge >= 0.3 is 6.18 Å². The van der Waals surface area contributed by atoms with Crippen LogP contribution < -0.4 is 9.47 Å². The average Bonchev–Trinajstić information content (AvgIpc) is 3.26. The highest BCUT2D eigenvalue weighted by atomic mass is 19.4. The van der Waals surface area contributed by atoms with Gasteiger partial charge in [-0.25, -0.2) is 0 Å². The molecule has 3 aromatic rings. The van der Waals surface area contributed by atoms with Crippen LogP contribution in [-0.2, 0) is 12.7 Å². The van der Waals surface area contributed by atoms with Gasteiger partial charge in [0.2, 0.25) is 11.7 Å². The average molecular weight is 447 g/mol. The van der Waals surface area contributed by atoms with E-state index in [0.717, 1.165) is 49.6 Å². The molecule has 0 saturated carbocycles. The van der Waals surface area contributed by atoms with Crippen molar-refractivity contribution in [1.82, 2.24) is 15.0 Å². The molecule has 9 heteroatoms. The van der Waals surface area contributed by atoms with Crippen molar-refractivity contribution >= 4 is 0 Å². The number of nitrogens with zero attached hydrogens (tertiary/aromatic N) is 3. The van der Waals surface area contributed by atoms with E-state index in [9.17, 15) is 13.2 Å². The highest BCUT2D eigenvalue weighted by Gasteiger charge is 2.30. The Hall–Kier alpha value is -3.07. The van der Waals surface area contributed by atoms with Crippen molar-refractivity contribution in [3.8, 4) is 22.9 Å². The molecule has 0 amide bonds. The van der Waals surface area contributed by atoms with Crippen molar-refractivity contribution < 1.29 is 27.2 Å². The number of hydrogen-bond donors (Lipinski definition) is 0. The van der Waals surface area contributed by atoms with Gasteiger partial charge in [-0.2, -0.15) is 18.2 Å². The zero-order valence-corrected chi connectivity index (χ0v) is 17.6. The van der Waals surface area contributed by atoms with Gasteiger partial charge in [-0.3, -0.25) is 4.90 Å². The molecule has 0 N–H and O–H groups in total. The van der Waals surface area contributed by atoms with E-state index < -0.39 is 11.7 Å². The number of methoxy groups -OCH3 is 1. The van der Waals surface area contributed by atoms with E-state index in [4.69, 9.17) is 14.0 Å². The second-order valence-corrected chi connectivity index (χ2v) is 7.82. The Morgan fingerprint density at radius 3 is 2.47 bits per heavy atom. The quantitative estimate of drug-likeness (QED) is 0.505. The molecule has 32 heavy (non-hydrogen) atoms. The van der Waals surface area contributed by atoms with Crippen LogP contribution in [0.25, 0.3) is 11.4 Å². The number of hydrogen-bond acceptors (Lipinski definition) is 6. The minimum atomic E-state index is -4.37. The summed E-state index contributed by atoms with van der Waals surface area (Å²) in [6.07, 6.45) is -2.26. The van der Waals surface area contributed by atoms with Crippen molar-refractivity contribution in [2.24, 2.45) is 5.92 Å². The molecular weight excluding hydrogens is 423 g/mol. The van der Waals surface area contributed by atoms with E-state index in [1.54, 1.807) is 7.11 Å². The molecule has 1 aromatic heterocycles. The largest absolute Gasteiger partial charge is 0.497 e. The lowest BCUT2D eigenvalue weighted by Gasteiger charge is -2.31. The van der Waals surface area contributed by atoms with Gasteiger partial charge < -0.3 is 14.0 Å². The third-order valence-electron chi connectivity index (χ3n) is 5.45. The normalized spacial score (nSPS) is 17.3. The van der Waals surface area contributed by atoms with Gasteiger partial charge in [-0.1, -0.05) is 17.3 Å². The highest BCUT2D eigenvalue weighted by Crippen LogP contribution is 2.30. The SMILES string of the molecule is COc1ccc(OC[C@H]2CCCN(Cc3nc(-c4ccc(C(F)(F)F)cc4)no3)C2)cc1. The third-order valence-corrected chi connectivity index (χ3v) is 5.45. The minimum Gasteiger partial charge on any atom is -0.497 e. The summed E-state index contributed by atoms with van der Waals surface area (Å²) < 4.78 is 54.6. The Morgan fingerprint density at radius 1 is 1.06 bits per heavy atom. The van der Waals surface area contributed by atoms with E-state index in [0.29, 0.717) is 30.5 Å². The third kappa shape index (κ3) is 5.59. The van der Waals surface area contributed by atoms with Crippen LogP contribution >= 0.6 is 0 Å². The fraction of sp³-hybridized carbons (Fsp3) is 0.391. The summed E-state index contributed by atoms with van der Waals surface area (Å²) in [6.45, 7) is 2.86. The fourth-order valence-corrected chi connectivity index (χ4v) is 3.75. The molecule has 0 spiro atoms. The van der Waals surface area contributed by atoms with Crippen molar-refractivity contribution in [1.29, 1.82) is 0 Å².